The predicted octanol–water partition coefficient (Wildman–Crippen LogP) is 2.23. The Hall–Kier alpha value is -1.59. The molecule has 0 spiro atoms. The van der Waals surface area contributed by atoms with Crippen molar-refractivity contribution in [3.63, 3.8) is 0 Å². The quantitative estimate of drug-likeness (QED) is 0.745. The Labute approximate surface area is 124 Å². The molecule has 0 fully saturated rings. The fourth-order valence-corrected chi connectivity index (χ4v) is 2.77. The van der Waals surface area contributed by atoms with E-state index in [0.717, 1.165) is 5.56 Å². The fraction of sp³-hybridized carbons (Fsp3) is 0.562. The zero-order valence-electron chi connectivity index (χ0n) is 12.3. The number of benzene rings is 1. The summed E-state index contributed by atoms with van der Waals surface area (Å²) >= 11 is 0. The molecule has 1 heterocycles. The number of rotatable bonds is 8. The summed E-state index contributed by atoms with van der Waals surface area (Å²) in [5.74, 6) is -0.0957. The van der Waals surface area contributed by atoms with Gasteiger partial charge in [0, 0.05) is 25.7 Å². The Balaban J connectivity index is 2.03. The number of fused-ring (bicyclic) bond motifs is 1. The van der Waals surface area contributed by atoms with Gasteiger partial charge < -0.3 is 19.3 Å². The van der Waals surface area contributed by atoms with Gasteiger partial charge >= 0.3 is 5.97 Å². The lowest BCUT2D eigenvalue weighted by Gasteiger charge is -2.35. The van der Waals surface area contributed by atoms with Crippen molar-refractivity contribution in [2.24, 2.45) is 0 Å². The molecule has 1 aliphatic rings. The SMILES string of the molecule is COCCOCCCC1(C(=O)O)CCOc2ccccc21. The second kappa shape index (κ2) is 7.43. The first-order valence-electron chi connectivity index (χ1n) is 7.23. The van der Waals surface area contributed by atoms with E-state index in [1.54, 1.807) is 7.11 Å². The maximum Gasteiger partial charge on any atom is 0.314 e. The van der Waals surface area contributed by atoms with Crippen molar-refractivity contribution in [3.05, 3.63) is 29.8 Å². The molecule has 1 atom stereocenters. The molecule has 1 unspecified atom stereocenters. The van der Waals surface area contributed by atoms with Crippen LogP contribution in [0.4, 0.5) is 0 Å². The largest absolute Gasteiger partial charge is 0.493 e. The summed E-state index contributed by atoms with van der Waals surface area (Å²) < 4.78 is 15.9. The maximum absolute atomic E-state index is 11.9. The van der Waals surface area contributed by atoms with Gasteiger partial charge in [0.1, 0.15) is 5.75 Å². The van der Waals surface area contributed by atoms with Crippen molar-refractivity contribution in [1.82, 2.24) is 0 Å². The van der Waals surface area contributed by atoms with Gasteiger partial charge in [0.25, 0.3) is 0 Å². The molecule has 0 bridgehead atoms. The molecule has 2 rings (SSSR count). The van der Waals surface area contributed by atoms with Crippen LogP contribution in [0, 0.1) is 0 Å². The van der Waals surface area contributed by atoms with Crippen LogP contribution in [0.5, 0.6) is 5.75 Å². The highest BCUT2D eigenvalue weighted by Gasteiger charge is 2.44. The zero-order valence-corrected chi connectivity index (χ0v) is 12.3. The van der Waals surface area contributed by atoms with E-state index in [9.17, 15) is 9.90 Å². The first kappa shape index (κ1) is 15.8. The molecular formula is C16H22O5. The molecule has 1 N–H and O–H groups in total. The molecule has 21 heavy (non-hydrogen) atoms. The van der Waals surface area contributed by atoms with Crippen LogP contribution >= 0.6 is 0 Å². The molecule has 0 saturated carbocycles. The minimum Gasteiger partial charge on any atom is -0.493 e. The number of hydrogen-bond donors (Lipinski definition) is 1. The minimum atomic E-state index is -0.862. The Kier molecular flexibility index (Phi) is 5.59. The number of carbonyl (C=O) groups is 1. The molecular weight excluding hydrogens is 272 g/mol. The summed E-state index contributed by atoms with van der Waals surface area (Å²) in [6.07, 6.45) is 1.75. The van der Waals surface area contributed by atoms with E-state index < -0.39 is 11.4 Å². The van der Waals surface area contributed by atoms with Crippen LogP contribution in [0.2, 0.25) is 0 Å². The molecule has 0 aliphatic carbocycles. The molecule has 116 valence electrons. The van der Waals surface area contributed by atoms with Crippen LogP contribution < -0.4 is 4.74 Å². The standard InChI is InChI=1S/C16H22O5/c1-19-11-12-20-9-4-7-16(15(17)18)8-10-21-14-6-3-2-5-13(14)16/h2-3,5-6H,4,7-12H2,1H3,(H,17,18). The van der Waals surface area contributed by atoms with E-state index in [-0.39, 0.29) is 0 Å². The molecule has 1 aliphatic heterocycles. The van der Waals surface area contributed by atoms with E-state index in [0.29, 0.717) is 51.4 Å². The summed E-state index contributed by atoms with van der Waals surface area (Å²) in [6.45, 7) is 2.08. The second-order valence-electron chi connectivity index (χ2n) is 5.19. The topological polar surface area (TPSA) is 65.0 Å². The van der Waals surface area contributed by atoms with Gasteiger partial charge in [-0.1, -0.05) is 18.2 Å². The average molecular weight is 294 g/mol. The lowest BCUT2D eigenvalue weighted by atomic mass is 9.73. The number of hydrogen-bond acceptors (Lipinski definition) is 4. The van der Waals surface area contributed by atoms with Crippen LogP contribution in [0.15, 0.2) is 24.3 Å². The third-order valence-electron chi connectivity index (χ3n) is 3.92. The highest BCUT2D eigenvalue weighted by molar-refractivity contribution is 5.83. The third kappa shape index (κ3) is 3.54. The Bertz CT molecular complexity index is 473. The van der Waals surface area contributed by atoms with Gasteiger partial charge in [-0.2, -0.15) is 0 Å². The molecule has 0 radical (unpaired) electrons. The average Bonchev–Trinajstić information content (AvgIpc) is 2.50. The van der Waals surface area contributed by atoms with Crippen LogP contribution in [0.25, 0.3) is 0 Å². The summed E-state index contributed by atoms with van der Waals surface area (Å²) in [6, 6.07) is 7.42. The lowest BCUT2D eigenvalue weighted by molar-refractivity contribution is -0.145. The van der Waals surface area contributed by atoms with Crippen LogP contribution in [0.1, 0.15) is 24.8 Å². The lowest BCUT2D eigenvalue weighted by Crippen LogP contribution is -2.40. The third-order valence-corrected chi connectivity index (χ3v) is 3.92. The Morgan fingerprint density at radius 1 is 1.33 bits per heavy atom. The number of carboxylic acid groups (broad SMARTS) is 1. The van der Waals surface area contributed by atoms with Crippen molar-refractivity contribution in [1.29, 1.82) is 0 Å². The van der Waals surface area contributed by atoms with Crippen molar-refractivity contribution < 1.29 is 24.1 Å². The first-order valence-corrected chi connectivity index (χ1v) is 7.23. The van der Waals surface area contributed by atoms with Crippen LogP contribution in [-0.2, 0) is 19.7 Å². The molecule has 5 heteroatoms. The maximum atomic E-state index is 11.9. The first-order chi connectivity index (χ1) is 10.2. The van der Waals surface area contributed by atoms with E-state index in [2.05, 4.69) is 0 Å². The molecule has 0 amide bonds. The van der Waals surface area contributed by atoms with Crippen LogP contribution in [-0.4, -0.2) is 44.6 Å². The van der Waals surface area contributed by atoms with Crippen molar-refractivity contribution in [3.8, 4) is 5.75 Å². The number of aliphatic carboxylic acids is 1. The number of carboxylic acids is 1. The number of ether oxygens (including phenoxy) is 3. The zero-order chi connectivity index (χ0) is 15.1. The minimum absolute atomic E-state index is 0.438. The van der Waals surface area contributed by atoms with Crippen molar-refractivity contribution in [2.45, 2.75) is 24.7 Å². The fourth-order valence-electron chi connectivity index (χ4n) is 2.77. The van der Waals surface area contributed by atoms with Gasteiger partial charge in [0.15, 0.2) is 0 Å². The second-order valence-corrected chi connectivity index (χ2v) is 5.19. The summed E-state index contributed by atoms with van der Waals surface area (Å²) in [5.41, 5.74) is -0.0833. The van der Waals surface area contributed by atoms with Crippen LogP contribution in [0.3, 0.4) is 0 Å². The molecule has 5 nitrogen and oxygen atoms in total. The summed E-state index contributed by atoms with van der Waals surface area (Å²) in [5, 5.41) is 9.76. The highest BCUT2D eigenvalue weighted by Crippen LogP contribution is 2.42. The number of para-hydroxylation sites is 1. The van der Waals surface area contributed by atoms with E-state index >= 15 is 0 Å². The Morgan fingerprint density at radius 2 is 2.14 bits per heavy atom. The van der Waals surface area contributed by atoms with Gasteiger partial charge in [-0.3, -0.25) is 4.79 Å². The Morgan fingerprint density at radius 3 is 2.90 bits per heavy atom. The summed E-state index contributed by atoms with van der Waals surface area (Å²) in [4.78, 5) is 11.9. The van der Waals surface area contributed by atoms with E-state index in [1.165, 1.54) is 0 Å². The smallest absolute Gasteiger partial charge is 0.314 e. The van der Waals surface area contributed by atoms with E-state index in [1.807, 2.05) is 24.3 Å². The van der Waals surface area contributed by atoms with Gasteiger partial charge in [-0.25, -0.2) is 0 Å². The normalized spacial score (nSPS) is 20.6. The van der Waals surface area contributed by atoms with Gasteiger partial charge in [0.2, 0.25) is 0 Å². The van der Waals surface area contributed by atoms with Crippen molar-refractivity contribution >= 4 is 5.97 Å². The monoisotopic (exact) mass is 294 g/mol. The van der Waals surface area contributed by atoms with Gasteiger partial charge in [0.05, 0.1) is 25.2 Å². The van der Waals surface area contributed by atoms with Crippen molar-refractivity contribution in [2.75, 3.05) is 33.5 Å². The molecule has 0 saturated heterocycles. The predicted molar refractivity (Wildman–Crippen MR) is 77.8 cm³/mol. The number of methoxy groups -OCH3 is 1. The molecule has 1 aromatic rings. The molecule has 1 aromatic carbocycles. The highest BCUT2D eigenvalue weighted by atomic mass is 16.5. The summed E-state index contributed by atoms with van der Waals surface area (Å²) in [7, 11) is 1.63. The van der Waals surface area contributed by atoms with Gasteiger partial charge in [-0.15, -0.1) is 0 Å². The van der Waals surface area contributed by atoms with Gasteiger partial charge in [-0.05, 0) is 18.9 Å². The van der Waals surface area contributed by atoms with E-state index in [4.69, 9.17) is 14.2 Å². The molecule has 0 aromatic heterocycles.